The summed E-state index contributed by atoms with van der Waals surface area (Å²) in [5.41, 5.74) is 1.16. The van der Waals surface area contributed by atoms with Gasteiger partial charge in [-0.25, -0.2) is 0 Å². The number of ether oxygens (including phenoxy) is 3. The van der Waals surface area contributed by atoms with E-state index in [0.29, 0.717) is 38.2 Å². The van der Waals surface area contributed by atoms with Gasteiger partial charge in [-0.05, 0) is 62.1 Å². The van der Waals surface area contributed by atoms with Gasteiger partial charge < -0.3 is 34.2 Å². The number of benzene rings is 2. The number of amides is 1. The molecule has 0 aliphatic carbocycles. The summed E-state index contributed by atoms with van der Waals surface area (Å²) < 4.78 is 16.5. The highest BCUT2D eigenvalue weighted by molar-refractivity contribution is 5.77. The Morgan fingerprint density at radius 2 is 1.67 bits per heavy atom. The van der Waals surface area contributed by atoms with Crippen LogP contribution < -0.4 is 14.4 Å². The van der Waals surface area contributed by atoms with E-state index in [2.05, 4.69) is 15.9 Å². The molecule has 2 heterocycles. The maximum Gasteiger partial charge on any atom is 0.248 e. The maximum absolute atomic E-state index is 12.7. The fourth-order valence-corrected chi connectivity index (χ4v) is 5.48. The van der Waals surface area contributed by atoms with Crippen molar-refractivity contribution in [1.29, 1.82) is 0 Å². The van der Waals surface area contributed by atoms with Gasteiger partial charge in [0.05, 0.1) is 19.3 Å². The quantitative estimate of drug-likeness (QED) is 0.499. The first-order valence-electron chi connectivity index (χ1n) is 13.6. The zero-order chi connectivity index (χ0) is 28.0. The van der Waals surface area contributed by atoms with Crippen LogP contribution in [0.2, 0.25) is 0 Å². The number of aliphatic hydroxyl groups is 2. The molecule has 0 aromatic heterocycles. The van der Waals surface area contributed by atoms with Gasteiger partial charge in [0.2, 0.25) is 5.91 Å². The minimum absolute atomic E-state index is 0.0325. The Bertz CT molecular complexity index is 1120. The molecule has 0 spiro atoms. The third kappa shape index (κ3) is 7.63. The predicted octanol–water partition coefficient (Wildman–Crippen LogP) is 2.24. The number of carbonyl (C=O) groups is 1. The van der Waals surface area contributed by atoms with Crippen molar-refractivity contribution in [2.24, 2.45) is 0 Å². The first-order valence-corrected chi connectivity index (χ1v) is 13.6. The first kappa shape index (κ1) is 29.1. The third-order valence-corrected chi connectivity index (χ3v) is 7.93. The lowest BCUT2D eigenvalue weighted by Crippen LogP contribution is -2.56. The molecule has 2 aromatic carbocycles. The molecule has 2 aromatic rings. The molecule has 214 valence electrons. The van der Waals surface area contributed by atoms with Gasteiger partial charge >= 0.3 is 0 Å². The molecule has 9 nitrogen and oxygen atoms in total. The second-order valence-corrected chi connectivity index (χ2v) is 11.1. The van der Waals surface area contributed by atoms with Crippen molar-refractivity contribution < 1.29 is 29.2 Å². The highest BCUT2D eigenvalue weighted by Crippen LogP contribution is 2.30. The molecule has 4 rings (SSSR count). The second kappa shape index (κ2) is 12.6. The summed E-state index contributed by atoms with van der Waals surface area (Å²) in [7, 11) is 3.15. The zero-order valence-electron chi connectivity index (χ0n) is 23.7. The Balaban J connectivity index is 1.43. The van der Waals surface area contributed by atoms with Crippen LogP contribution in [0.4, 0.5) is 5.69 Å². The maximum atomic E-state index is 12.7. The van der Waals surface area contributed by atoms with E-state index in [1.807, 2.05) is 50.2 Å². The normalized spacial score (nSPS) is 21.9. The molecular formula is C30H43N3O6. The minimum Gasteiger partial charge on any atom is -0.497 e. The van der Waals surface area contributed by atoms with Gasteiger partial charge in [0, 0.05) is 58.1 Å². The Kier molecular flexibility index (Phi) is 9.38. The molecule has 2 fully saturated rings. The van der Waals surface area contributed by atoms with E-state index < -0.39 is 11.2 Å². The van der Waals surface area contributed by atoms with Crippen LogP contribution in [-0.4, -0.2) is 110 Å². The third-order valence-electron chi connectivity index (χ3n) is 7.93. The monoisotopic (exact) mass is 541 g/mol. The average Bonchev–Trinajstić information content (AvgIpc) is 3.08. The second-order valence-electron chi connectivity index (χ2n) is 11.1. The molecule has 1 amide bonds. The van der Waals surface area contributed by atoms with Crippen LogP contribution in [0.3, 0.4) is 0 Å². The van der Waals surface area contributed by atoms with Crippen LogP contribution in [0.25, 0.3) is 0 Å². The van der Waals surface area contributed by atoms with Gasteiger partial charge in [-0.15, -0.1) is 0 Å². The summed E-state index contributed by atoms with van der Waals surface area (Å²) in [5, 5.41) is 23.3. The molecule has 2 N–H and O–H groups in total. The summed E-state index contributed by atoms with van der Waals surface area (Å²) in [6.07, 6.45) is 1.20. The molecule has 2 aliphatic heterocycles. The van der Waals surface area contributed by atoms with Gasteiger partial charge in [-0.1, -0.05) is 12.1 Å². The van der Waals surface area contributed by atoms with Crippen molar-refractivity contribution in [3.63, 3.8) is 0 Å². The summed E-state index contributed by atoms with van der Waals surface area (Å²) in [6, 6.07) is 13.8. The number of nitrogens with zero attached hydrogens (tertiary/aromatic N) is 3. The lowest BCUT2D eigenvalue weighted by atomic mass is 9.90. The SMILES string of the molecule is COCC(=O)N1CCN(CC2(O)CCN(c3cccc(OC)c3)CC2)C[C@@](O)(COc2ccc(C)c(C)c2)C1. The molecule has 2 saturated heterocycles. The molecule has 2 aliphatic rings. The van der Waals surface area contributed by atoms with Crippen LogP contribution in [0.5, 0.6) is 11.5 Å². The van der Waals surface area contributed by atoms with Crippen LogP contribution in [0.1, 0.15) is 24.0 Å². The lowest BCUT2D eigenvalue weighted by Gasteiger charge is -2.42. The van der Waals surface area contributed by atoms with Gasteiger partial charge in [0.25, 0.3) is 0 Å². The van der Waals surface area contributed by atoms with Crippen molar-refractivity contribution in [2.75, 3.05) is 78.1 Å². The fraction of sp³-hybridized carbons (Fsp3) is 0.567. The highest BCUT2D eigenvalue weighted by Gasteiger charge is 2.41. The number of β-amino-alcohol motifs (C(OH)–C–C–N with tert-alkyl or cyclic N) is 2. The molecule has 0 unspecified atom stereocenters. The first-order chi connectivity index (χ1) is 18.6. The number of hydrogen-bond acceptors (Lipinski definition) is 8. The van der Waals surface area contributed by atoms with Crippen LogP contribution >= 0.6 is 0 Å². The number of aryl methyl sites for hydroxylation is 2. The Morgan fingerprint density at radius 1 is 0.897 bits per heavy atom. The smallest absolute Gasteiger partial charge is 0.248 e. The van der Waals surface area contributed by atoms with Crippen molar-refractivity contribution in [2.45, 2.75) is 37.9 Å². The van der Waals surface area contributed by atoms with E-state index in [4.69, 9.17) is 14.2 Å². The molecular weight excluding hydrogens is 498 g/mol. The predicted molar refractivity (Wildman–Crippen MR) is 151 cm³/mol. The van der Waals surface area contributed by atoms with Gasteiger partial charge in [0.1, 0.15) is 30.3 Å². The highest BCUT2D eigenvalue weighted by atomic mass is 16.5. The molecule has 0 saturated carbocycles. The van der Waals surface area contributed by atoms with E-state index >= 15 is 0 Å². The summed E-state index contributed by atoms with van der Waals surface area (Å²) in [5.74, 6) is 1.32. The van der Waals surface area contributed by atoms with Crippen molar-refractivity contribution >= 4 is 11.6 Å². The number of piperidine rings is 1. The van der Waals surface area contributed by atoms with E-state index in [1.54, 1.807) is 12.0 Å². The topological polar surface area (TPSA) is 94.9 Å². The average molecular weight is 542 g/mol. The Labute approximate surface area is 231 Å². The van der Waals surface area contributed by atoms with Crippen molar-refractivity contribution in [3.05, 3.63) is 53.6 Å². The zero-order valence-corrected chi connectivity index (χ0v) is 23.7. The Hall–Kier alpha value is -2.85. The van der Waals surface area contributed by atoms with E-state index in [9.17, 15) is 15.0 Å². The van der Waals surface area contributed by atoms with E-state index in [1.165, 1.54) is 12.7 Å². The molecule has 0 radical (unpaired) electrons. The van der Waals surface area contributed by atoms with E-state index in [0.717, 1.165) is 30.1 Å². The molecule has 39 heavy (non-hydrogen) atoms. The van der Waals surface area contributed by atoms with Gasteiger partial charge in [0.15, 0.2) is 0 Å². The molecule has 0 bridgehead atoms. The standard InChI is InChI=1S/C30H43N3O6/c1-23-8-9-27(16-24(23)2)39-22-30(36)20-31(14-15-33(21-30)28(34)18-37-3)19-29(35)10-12-32(13-11-29)25-6-5-7-26(17-25)38-4/h5-9,16-17,35-36H,10-15,18-22H2,1-4H3/t30-/m0/s1. The number of carbonyl (C=O) groups excluding carboxylic acids is 1. The molecule has 1 atom stereocenters. The summed E-state index contributed by atoms with van der Waals surface area (Å²) >= 11 is 0. The molecule has 9 heteroatoms. The van der Waals surface area contributed by atoms with Gasteiger partial charge in [-0.3, -0.25) is 9.69 Å². The number of hydrogen-bond donors (Lipinski definition) is 2. The fourth-order valence-electron chi connectivity index (χ4n) is 5.48. The van der Waals surface area contributed by atoms with Gasteiger partial charge in [-0.2, -0.15) is 0 Å². The lowest BCUT2D eigenvalue weighted by molar-refractivity contribution is -0.138. The van der Waals surface area contributed by atoms with E-state index in [-0.39, 0.29) is 32.2 Å². The van der Waals surface area contributed by atoms with Crippen LogP contribution in [-0.2, 0) is 9.53 Å². The minimum atomic E-state index is -1.31. The van der Waals surface area contributed by atoms with Crippen molar-refractivity contribution in [3.8, 4) is 11.5 Å². The summed E-state index contributed by atoms with van der Waals surface area (Å²) in [6.45, 7) is 7.32. The van der Waals surface area contributed by atoms with Crippen molar-refractivity contribution in [1.82, 2.24) is 9.80 Å². The number of methoxy groups -OCH3 is 2. The Morgan fingerprint density at radius 3 is 2.36 bits per heavy atom. The van der Waals surface area contributed by atoms with Crippen LogP contribution in [0, 0.1) is 13.8 Å². The number of rotatable bonds is 9. The number of anilines is 1. The van der Waals surface area contributed by atoms with Crippen LogP contribution in [0.15, 0.2) is 42.5 Å². The largest absolute Gasteiger partial charge is 0.497 e. The summed E-state index contributed by atoms with van der Waals surface area (Å²) in [4.78, 5) is 18.7.